The van der Waals surface area contributed by atoms with Gasteiger partial charge in [0.1, 0.15) is 11.6 Å². The number of anilines is 1. The molecule has 0 N–H and O–H groups in total. The maximum atomic E-state index is 14.2. The van der Waals surface area contributed by atoms with Crippen LogP contribution in [-0.2, 0) is 4.79 Å². The van der Waals surface area contributed by atoms with Crippen molar-refractivity contribution >= 4 is 23.2 Å². The van der Waals surface area contributed by atoms with Crippen molar-refractivity contribution in [1.82, 2.24) is 10.1 Å². The molecular formula is C22H21ClFN3O3. The lowest BCUT2D eigenvalue weighted by molar-refractivity contribution is -0.117. The van der Waals surface area contributed by atoms with Crippen LogP contribution >= 0.6 is 11.6 Å². The van der Waals surface area contributed by atoms with Crippen molar-refractivity contribution in [2.75, 3.05) is 18.1 Å². The van der Waals surface area contributed by atoms with Gasteiger partial charge in [-0.15, -0.1) is 0 Å². The number of hydrogen-bond acceptors (Lipinski definition) is 5. The minimum Gasteiger partial charge on any atom is -0.493 e. The quantitative estimate of drug-likeness (QED) is 0.546. The van der Waals surface area contributed by atoms with E-state index in [9.17, 15) is 9.18 Å². The predicted molar refractivity (Wildman–Crippen MR) is 111 cm³/mol. The van der Waals surface area contributed by atoms with Gasteiger partial charge >= 0.3 is 0 Å². The number of benzene rings is 2. The van der Waals surface area contributed by atoms with Crippen molar-refractivity contribution in [3.63, 3.8) is 0 Å². The molecule has 0 radical (unpaired) electrons. The first-order valence-corrected chi connectivity index (χ1v) is 10.1. The van der Waals surface area contributed by atoms with Gasteiger partial charge in [-0.25, -0.2) is 4.39 Å². The average Bonchev–Trinajstić information content (AvgIpc) is 3.36. The van der Waals surface area contributed by atoms with Gasteiger partial charge in [0.25, 0.3) is 0 Å². The van der Waals surface area contributed by atoms with Gasteiger partial charge in [-0.1, -0.05) is 30.6 Å². The standard InChI is InChI=1S/C22H21ClFN3O3/c1-13(2)12-29-17-6-3-14(4-7-17)21-25-22(30-26-21)15-9-20(28)27(11-15)19-10-16(23)5-8-18(19)24/h3-8,10,13,15H,9,11-12H2,1-2H3. The largest absolute Gasteiger partial charge is 0.493 e. The van der Waals surface area contributed by atoms with E-state index in [4.69, 9.17) is 20.9 Å². The SMILES string of the molecule is CC(C)COc1ccc(-c2noc(C3CC(=O)N(c4cc(Cl)ccc4F)C3)n2)cc1. The van der Waals surface area contributed by atoms with E-state index >= 15 is 0 Å². The first-order chi connectivity index (χ1) is 14.4. The molecule has 30 heavy (non-hydrogen) atoms. The number of carbonyl (C=O) groups is 1. The zero-order chi connectivity index (χ0) is 21.3. The minimum absolute atomic E-state index is 0.159. The Morgan fingerprint density at radius 2 is 2.03 bits per heavy atom. The van der Waals surface area contributed by atoms with Crippen molar-refractivity contribution in [2.24, 2.45) is 5.92 Å². The Hall–Kier alpha value is -2.93. The highest BCUT2D eigenvalue weighted by atomic mass is 35.5. The summed E-state index contributed by atoms with van der Waals surface area (Å²) < 4.78 is 25.3. The fourth-order valence-electron chi connectivity index (χ4n) is 3.28. The summed E-state index contributed by atoms with van der Waals surface area (Å²) in [6.07, 6.45) is 0.162. The average molecular weight is 430 g/mol. The summed E-state index contributed by atoms with van der Waals surface area (Å²) in [5, 5.41) is 4.40. The second-order valence-corrected chi connectivity index (χ2v) is 8.12. The molecule has 0 bridgehead atoms. The maximum Gasteiger partial charge on any atom is 0.232 e. The molecule has 6 nitrogen and oxygen atoms in total. The van der Waals surface area contributed by atoms with Crippen LogP contribution in [0.4, 0.5) is 10.1 Å². The van der Waals surface area contributed by atoms with Crippen LogP contribution in [-0.4, -0.2) is 29.2 Å². The molecule has 1 saturated heterocycles. The van der Waals surface area contributed by atoms with Crippen LogP contribution in [0.1, 0.15) is 32.1 Å². The van der Waals surface area contributed by atoms with Crippen molar-refractivity contribution < 1.29 is 18.4 Å². The predicted octanol–water partition coefficient (Wildman–Crippen LogP) is 5.08. The molecule has 2 aromatic carbocycles. The lowest BCUT2D eigenvalue weighted by Gasteiger charge is -2.17. The number of carbonyl (C=O) groups excluding carboxylic acids is 1. The zero-order valence-corrected chi connectivity index (χ0v) is 17.4. The Morgan fingerprint density at radius 3 is 2.77 bits per heavy atom. The van der Waals surface area contributed by atoms with Crippen molar-refractivity contribution in [2.45, 2.75) is 26.2 Å². The minimum atomic E-state index is -0.501. The van der Waals surface area contributed by atoms with Crippen LogP contribution in [0.25, 0.3) is 11.4 Å². The van der Waals surface area contributed by atoms with Gasteiger partial charge in [0.05, 0.1) is 18.2 Å². The molecule has 1 aromatic heterocycles. The number of ether oxygens (including phenoxy) is 1. The fraction of sp³-hybridized carbons (Fsp3) is 0.318. The van der Waals surface area contributed by atoms with Crippen LogP contribution in [0, 0.1) is 11.7 Å². The zero-order valence-electron chi connectivity index (χ0n) is 16.6. The molecule has 1 fully saturated rings. The summed E-state index contributed by atoms with van der Waals surface area (Å²) in [5.74, 6) is 0.969. The van der Waals surface area contributed by atoms with Crippen LogP contribution in [0.3, 0.4) is 0 Å². The summed E-state index contributed by atoms with van der Waals surface area (Å²) >= 11 is 5.96. The second-order valence-electron chi connectivity index (χ2n) is 7.69. The van der Waals surface area contributed by atoms with E-state index in [2.05, 4.69) is 24.0 Å². The number of nitrogens with zero attached hydrogens (tertiary/aromatic N) is 3. The molecule has 1 unspecified atom stereocenters. The molecule has 0 saturated carbocycles. The third kappa shape index (κ3) is 4.31. The van der Waals surface area contributed by atoms with Gasteiger partial charge in [0, 0.05) is 23.6 Å². The van der Waals surface area contributed by atoms with Crippen molar-refractivity contribution in [3.8, 4) is 17.1 Å². The molecule has 1 amide bonds. The number of rotatable bonds is 6. The van der Waals surface area contributed by atoms with Crippen LogP contribution in [0.15, 0.2) is 47.0 Å². The smallest absolute Gasteiger partial charge is 0.232 e. The summed E-state index contributed by atoms with van der Waals surface area (Å²) in [6, 6.07) is 11.6. The third-order valence-electron chi connectivity index (χ3n) is 4.81. The molecule has 8 heteroatoms. The Bertz CT molecular complexity index is 1050. The lowest BCUT2D eigenvalue weighted by Crippen LogP contribution is -2.25. The molecule has 2 heterocycles. The molecule has 1 aliphatic rings. The Morgan fingerprint density at radius 1 is 1.27 bits per heavy atom. The highest BCUT2D eigenvalue weighted by molar-refractivity contribution is 6.31. The van der Waals surface area contributed by atoms with Crippen LogP contribution in [0.2, 0.25) is 5.02 Å². The maximum absolute atomic E-state index is 14.2. The number of aromatic nitrogens is 2. The van der Waals surface area contributed by atoms with E-state index in [1.807, 2.05) is 24.3 Å². The summed E-state index contributed by atoms with van der Waals surface area (Å²) in [6.45, 7) is 5.07. The number of hydrogen-bond donors (Lipinski definition) is 0. The molecule has 1 atom stereocenters. The van der Waals surface area contributed by atoms with Gasteiger partial charge in [-0.2, -0.15) is 4.98 Å². The normalized spacial score (nSPS) is 16.5. The van der Waals surface area contributed by atoms with Gasteiger partial charge in [-0.3, -0.25) is 4.79 Å². The van der Waals surface area contributed by atoms with Gasteiger partial charge in [0.15, 0.2) is 0 Å². The Balaban J connectivity index is 1.48. The number of halogens is 2. The Labute approximate surface area is 178 Å². The third-order valence-corrected chi connectivity index (χ3v) is 5.05. The highest BCUT2D eigenvalue weighted by Gasteiger charge is 2.36. The van der Waals surface area contributed by atoms with E-state index in [-0.39, 0.29) is 30.5 Å². The summed E-state index contributed by atoms with van der Waals surface area (Å²) in [7, 11) is 0. The van der Waals surface area contributed by atoms with E-state index in [0.29, 0.717) is 29.3 Å². The van der Waals surface area contributed by atoms with Gasteiger partial charge in [-0.05, 0) is 48.4 Å². The monoisotopic (exact) mass is 429 g/mol. The topological polar surface area (TPSA) is 68.5 Å². The summed E-state index contributed by atoms with van der Waals surface area (Å²) in [5.41, 5.74) is 0.940. The van der Waals surface area contributed by atoms with E-state index in [0.717, 1.165) is 11.3 Å². The molecule has 156 valence electrons. The fourth-order valence-corrected chi connectivity index (χ4v) is 3.45. The van der Waals surface area contributed by atoms with Crippen LogP contribution < -0.4 is 9.64 Å². The molecule has 3 aromatic rings. The lowest BCUT2D eigenvalue weighted by atomic mass is 10.1. The first kappa shape index (κ1) is 20.3. The number of amides is 1. The van der Waals surface area contributed by atoms with E-state index < -0.39 is 5.82 Å². The molecule has 1 aliphatic heterocycles. The highest BCUT2D eigenvalue weighted by Crippen LogP contribution is 2.34. The van der Waals surface area contributed by atoms with E-state index in [1.165, 1.54) is 23.1 Å². The van der Waals surface area contributed by atoms with Crippen molar-refractivity contribution in [1.29, 1.82) is 0 Å². The van der Waals surface area contributed by atoms with Gasteiger partial charge in [0.2, 0.25) is 17.6 Å². The second kappa shape index (κ2) is 8.44. The molecule has 4 rings (SSSR count). The summed E-state index contributed by atoms with van der Waals surface area (Å²) in [4.78, 5) is 18.3. The Kier molecular flexibility index (Phi) is 5.72. The van der Waals surface area contributed by atoms with Crippen LogP contribution in [0.5, 0.6) is 5.75 Å². The molecule has 0 spiro atoms. The van der Waals surface area contributed by atoms with E-state index in [1.54, 1.807) is 0 Å². The van der Waals surface area contributed by atoms with Gasteiger partial charge < -0.3 is 14.2 Å². The molecular weight excluding hydrogens is 409 g/mol. The van der Waals surface area contributed by atoms with Crippen molar-refractivity contribution in [3.05, 3.63) is 59.2 Å². The molecule has 0 aliphatic carbocycles. The first-order valence-electron chi connectivity index (χ1n) is 9.73.